The normalized spacial score (nSPS) is 22.2. The van der Waals surface area contributed by atoms with E-state index < -0.39 is 0 Å². The van der Waals surface area contributed by atoms with Gasteiger partial charge in [0.25, 0.3) is 0 Å². The third kappa shape index (κ3) is 1.16. The van der Waals surface area contributed by atoms with Crippen molar-refractivity contribution in [1.82, 2.24) is 14.8 Å². The first kappa shape index (κ1) is 7.50. The lowest BCUT2D eigenvalue weighted by molar-refractivity contribution is 0.645. The Morgan fingerprint density at radius 2 is 2.00 bits per heavy atom. The molecule has 4 heteroatoms. The molecule has 2 fully saturated rings. The van der Waals surface area contributed by atoms with Crippen molar-refractivity contribution < 1.29 is 0 Å². The summed E-state index contributed by atoms with van der Waals surface area (Å²) in [5.74, 6) is 2.86. The van der Waals surface area contributed by atoms with Gasteiger partial charge in [-0.2, -0.15) is 0 Å². The Kier molecular flexibility index (Phi) is 1.47. The largest absolute Gasteiger partial charge is 0.324 e. The van der Waals surface area contributed by atoms with E-state index in [-0.39, 0.29) is 0 Å². The average molecular weight is 178 g/mol. The maximum atomic E-state index is 5.63. The zero-order chi connectivity index (χ0) is 8.84. The fourth-order valence-corrected chi connectivity index (χ4v) is 1.83. The van der Waals surface area contributed by atoms with Crippen LogP contribution in [0.5, 0.6) is 0 Å². The molecule has 2 saturated carbocycles. The first-order valence-electron chi connectivity index (χ1n) is 5.04. The van der Waals surface area contributed by atoms with Gasteiger partial charge < -0.3 is 10.3 Å². The van der Waals surface area contributed by atoms with Crippen LogP contribution in [0.15, 0.2) is 0 Å². The fraction of sp³-hybridized carbons (Fsp3) is 0.778. The van der Waals surface area contributed by atoms with Crippen LogP contribution < -0.4 is 5.73 Å². The number of nitrogens with zero attached hydrogens (tertiary/aromatic N) is 3. The zero-order valence-electron chi connectivity index (χ0n) is 7.61. The lowest BCUT2D eigenvalue weighted by Gasteiger charge is -2.06. The molecule has 2 N–H and O–H groups in total. The van der Waals surface area contributed by atoms with Crippen molar-refractivity contribution in [1.29, 1.82) is 0 Å². The number of nitrogens with two attached hydrogens (primary N) is 1. The molecule has 0 unspecified atom stereocenters. The van der Waals surface area contributed by atoms with Crippen molar-refractivity contribution in [2.45, 2.75) is 44.2 Å². The van der Waals surface area contributed by atoms with E-state index in [1.54, 1.807) is 0 Å². The minimum atomic E-state index is 0.524. The van der Waals surface area contributed by atoms with E-state index >= 15 is 0 Å². The van der Waals surface area contributed by atoms with E-state index in [4.69, 9.17) is 5.73 Å². The van der Waals surface area contributed by atoms with Gasteiger partial charge in [0.15, 0.2) is 0 Å². The summed E-state index contributed by atoms with van der Waals surface area (Å²) in [5.41, 5.74) is 5.63. The number of aromatic nitrogens is 3. The number of rotatable bonds is 3. The Morgan fingerprint density at radius 3 is 2.54 bits per heavy atom. The molecule has 13 heavy (non-hydrogen) atoms. The van der Waals surface area contributed by atoms with Crippen molar-refractivity contribution >= 4 is 0 Å². The van der Waals surface area contributed by atoms with Crippen LogP contribution >= 0.6 is 0 Å². The summed E-state index contributed by atoms with van der Waals surface area (Å²) >= 11 is 0. The van der Waals surface area contributed by atoms with Gasteiger partial charge in [0.05, 0.1) is 6.54 Å². The maximum absolute atomic E-state index is 5.63. The minimum absolute atomic E-state index is 0.524. The van der Waals surface area contributed by atoms with Crippen LogP contribution in [-0.2, 0) is 6.54 Å². The highest BCUT2D eigenvalue weighted by atomic mass is 15.3. The lowest BCUT2D eigenvalue weighted by atomic mass is 10.4. The molecule has 70 valence electrons. The maximum Gasteiger partial charge on any atom is 0.147 e. The molecule has 0 bridgehead atoms. The van der Waals surface area contributed by atoms with Crippen LogP contribution in [0, 0.1) is 0 Å². The van der Waals surface area contributed by atoms with E-state index in [0.717, 1.165) is 5.82 Å². The van der Waals surface area contributed by atoms with Gasteiger partial charge in [-0.25, -0.2) is 0 Å². The standard InChI is InChI=1S/C9H14N4/c10-5-8-11-12-9(6-1-2-6)13(8)7-3-4-7/h6-7H,1-5,10H2. The zero-order valence-corrected chi connectivity index (χ0v) is 7.61. The highest BCUT2D eigenvalue weighted by Gasteiger charge is 2.35. The van der Waals surface area contributed by atoms with E-state index in [1.165, 1.54) is 31.5 Å². The molecule has 0 aliphatic heterocycles. The summed E-state index contributed by atoms with van der Waals surface area (Å²) in [4.78, 5) is 0. The molecule has 0 saturated heterocycles. The molecular formula is C9H14N4. The van der Waals surface area contributed by atoms with Crippen LogP contribution in [-0.4, -0.2) is 14.8 Å². The third-order valence-electron chi connectivity index (χ3n) is 2.83. The molecule has 1 heterocycles. The van der Waals surface area contributed by atoms with Gasteiger partial charge in [0.1, 0.15) is 11.6 Å². The molecule has 4 nitrogen and oxygen atoms in total. The van der Waals surface area contributed by atoms with E-state index in [2.05, 4.69) is 14.8 Å². The van der Waals surface area contributed by atoms with Crippen molar-refractivity contribution in [3.8, 4) is 0 Å². The fourth-order valence-electron chi connectivity index (χ4n) is 1.83. The van der Waals surface area contributed by atoms with Gasteiger partial charge in [-0.15, -0.1) is 10.2 Å². The smallest absolute Gasteiger partial charge is 0.147 e. The lowest BCUT2D eigenvalue weighted by Crippen LogP contribution is -2.09. The summed E-state index contributed by atoms with van der Waals surface area (Å²) < 4.78 is 2.29. The number of hydrogen-bond acceptors (Lipinski definition) is 3. The topological polar surface area (TPSA) is 56.7 Å². The first-order chi connectivity index (χ1) is 6.40. The second-order valence-electron chi connectivity index (χ2n) is 4.05. The highest BCUT2D eigenvalue weighted by molar-refractivity contribution is 5.11. The van der Waals surface area contributed by atoms with Crippen LogP contribution in [0.1, 0.15) is 49.3 Å². The van der Waals surface area contributed by atoms with Crippen molar-refractivity contribution in [2.75, 3.05) is 0 Å². The number of hydrogen-bond donors (Lipinski definition) is 1. The quantitative estimate of drug-likeness (QED) is 0.749. The van der Waals surface area contributed by atoms with Gasteiger partial charge in [-0.05, 0) is 25.7 Å². The monoisotopic (exact) mass is 178 g/mol. The minimum Gasteiger partial charge on any atom is -0.324 e. The van der Waals surface area contributed by atoms with Gasteiger partial charge in [-0.1, -0.05) is 0 Å². The van der Waals surface area contributed by atoms with Crippen molar-refractivity contribution in [3.05, 3.63) is 11.6 Å². The third-order valence-corrected chi connectivity index (χ3v) is 2.83. The van der Waals surface area contributed by atoms with E-state index in [0.29, 0.717) is 18.5 Å². The Bertz CT molecular complexity index is 322. The predicted octanol–water partition coefficient (Wildman–Crippen LogP) is 0.949. The Balaban J connectivity index is 2.01. The predicted molar refractivity (Wildman–Crippen MR) is 48.2 cm³/mol. The molecule has 0 radical (unpaired) electrons. The van der Waals surface area contributed by atoms with Gasteiger partial charge in [0, 0.05) is 12.0 Å². The van der Waals surface area contributed by atoms with Gasteiger partial charge in [0.2, 0.25) is 0 Å². The summed E-state index contributed by atoms with van der Waals surface area (Å²) in [6, 6.07) is 0.671. The summed E-state index contributed by atoms with van der Waals surface area (Å²) in [6.07, 6.45) is 5.14. The summed E-state index contributed by atoms with van der Waals surface area (Å²) in [5, 5.41) is 8.39. The molecule has 0 aromatic carbocycles. The Morgan fingerprint density at radius 1 is 1.23 bits per heavy atom. The molecule has 1 aromatic heterocycles. The summed E-state index contributed by atoms with van der Waals surface area (Å²) in [6.45, 7) is 0.524. The molecule has 0 amide bonds. The van der Waals surface area contributed by atoms with E-state index in [9.17, 15) is 0 Å². The first-order valence-corrected chi connectivity index (χ1v) is 5.04. The molecule has 3 rings (SSSR count). The van der Waals surface area contributed by atoms with Crippen LogP contribution in [0.25, 0.3) is 0 Å². The van der Waals surface area contributed by atoms with Gasteiger partial charge >= 0.3 is 0 Å². The Labute approximate surface area is 77.1 Å². The van der Waals surface area contributed by atoms with Crippen LogP contribution in [0.4, 0.5) is 0 Å². The molecule has 1 aromatic rings. The Hall–Kier alpha value is -0.900. The van der Waals surface area contributed by atoms with Crippen LogP contribution in [0.2, 0.25) is 0 Å². The second-order valence-corrected chi connectivity index (χ2v) is 4.05. The van der Waals surface area contributed by atoms with Gasteiger partial charge in [-0.3, -0.25) is 0 Å². The SMILES string of the molecule is NCc1nnc(C2CC2)n1C1CC1. The van der Waals surface area contributed by atoms with Crippen molar-refractivity contribution in [2.24, 2.45) is 5.73 Å². The second kappa shape index (κ2) is 2.54. The molecule has 2 aliphatic carbocycles. The molecule has 0 atom stereocenters. The highest BCUT2D eigenvalue weighted by Crippen LogP contribution is 2.44. The molecular weight excluding hydrogens is 164 g/mol. The average Bonchev–Trinajstić information content (AvgIpc) is 3.03. The van der Waals surface area contributed by atoms with Crippen molar-refractivity contribution in [3.63, 3.8) is 0 Å². The molecule has 2 aliphatic rings. The summed E-state index contributed by atoms with van der Waals surface area (Å²) in [7, 11) is 0. The molecule has 0 spiro atoms. The van der Waals surface area contributed by atoms with E-state index in [1.807, 2.05) is 0 Å². The van der Waals surface area contributed by atoms with Crippen LogP contribution in [0.3, 0.4) is 0 Å².